The Morgan fingerprint density at radius 3 is 2.48 bits per heavy atom. The summed E-state index contributed by atoms with van der Waals surface area (Å²) in [6.07, 6.45) is 1.98. The van der Waals surface area contributed by atoms with Gasteiger partial charge in [-0.25, -0.2) is 0 Å². The summed E-state index contributed by atoms with van der Waals surface area (Å²) in [4.78, 5) is 0. The maximum absolute atomic E-state index is 8.22. The smallest absolute Gasteiger partial charge is 0.135 e. The Morgan fingerprint density at radius 1 is 0.957 bits per heavy atom. The number of hydrogen-bond acceptors (Lipinski definition) is 2. The average Bonchev–Trinajstić information content (AvgIpc) is 2.59. The van der Waals surface area contributed by atoms with Gasteiger partial charge in [0.25, 0.3) is 0 Å². The van der Waals surface area contributed by atoms with Gasteiger partial charge in [-0.1, -0.05) is 55.8 Å². The van der Waals surface area contributed by atoms with Crippen molar-refractivity contribution >= 4 is 5.69 Å². The van der Waals surface area contributed by atoms with E-state index in [0.717, 1.165) is 41.0 Å². The van der Waals surface area contributed by atoms with E-state index >= 15 is 0 Å². The molecule has 3 aromatic rings. The molecule has 0 aliphatic heterocycles. The van der Waals surface area contributed by atoms with E-state index in [0.29, 0.717) is 11.7 Å². The number of ether oxygens (including phenoxy) is 1. The Labute approximate surface area is 138 Å². The van der Waals surface area contributed by atoms with Crippen LogP contribution in [-0.4, -0.2) is 0 Å². The lowest BCUT2D eigenvalue weighted by molar-refractivity contribution is 0.484. The van der Waals surface area contributed by atoms with Crippen LogP contribution >= 0.6 is 0 Å². The summed E-state index contributed by atoms with van der Waals surface area (Å²) in [5, 5.41) is 0. The molecule has 0 atom stereocenters. The number of anilines is 1. The van der Waals surface area contributed by atoms with Crippen LogP contribution in [0.1, 0.15) is 20.3 Å². The molecule has 0 amide bonds. The number of benzene rings is 3. The van der Waals surface area contributed by atoms with Gasteiger partial charge in [-0.05, 0) is 47.9 Å². The van der Waals surface area contributed by atoms with Crippen LogP contribution < -0.4 is 10.5 Å². The van der Waals surface area contributed by atoms with Crippen molar-refractivity contribution in [1.82, 2.24) is 0 Å². The largest absolute Gasteiger partial charge is 0.457 e. The van der Waals surface area contributed by atoms with Gasteiger partial charge in [-0.2, -0.15) is 0 Å². The molecule has 3 rings (SSSR count). The van der Waals surface area contributed by atoms with Crippen molar-refractivity contribution in [3.63, 3.8) is 0 Å². The van der Waals surface area contributed by atoms with Crippen LogP contribution in [0.5, 0.6) is 11.5 Å². The zero-order valence-electron chi connectivity index (χ0n) is 14.3. The normalized spacial score (nSPS) is 11.1. The van der Waals surface area contributed by atoms with Crippen LogP contribution in [0, 0.1) is 0 Å². The fourth-order valence-electron chi connectivity index (χ4n) is 2.51. The monoisotopic (exact) mass is 304 g/mol. The molecule has 0 spiro atoms. The van der Waals surface area contributed by atoms with E-state index in [1.807, 2.05) is 60.7 Å². The number of nitrogen functional groups attached to an aromatic ring is 1. The summed E-state index contributed by atoms with van der Waals surface area (Å²) < 4.78 is 14.2. The quantitative estimate of drug-likeness (QED) is 0.615. The van der Waals surface area contributed by atoms with Crippen molar-refractivity contribution in [3.8, 4) is 22.6 Å². The van der Waals surface area contributed by atoms with Gasteiger partial charge in [0.05, 0.1) is 1.37 Å². The third-order valence-corrected chi connectivity index (χ3v) is 3.70. The van der Waals surface area contributed by atoms with Crippen LogP contribution in [0.25, 0.3) is 11.1 Å². The van der Waals surface area contributed by atoms with Gasteiger partial charge in [-0.15, -0.1) is 0 Å². The van der Waals surface area contributed by atoms with Gasteiger partial charge in [-0.3, -0.25) is 0 Å². The number of para-hydroxylation sites is 1. The third-order valence-electron chi connectivity index (χ3n) is 3.70. The number of rotatable bonds is 5. The molecular formula is C21H21NO. The van der Waals surface area contributed by atoms with Gasteiger partial charge in [0.2, 0.25) is 0 Å². The molecular weight excluding hydrogens is 282 g/mol. The van der Waals surface area contributed by atoms with E-state index < -0.39 is 0 Å². The van der Waals surface area contributed by atoms with Crippen molar-refractivity contribution in [2.45, 2.75) is 19.8 Å². The molecule has 0 aliphatic carbocycles. The summed E-state index contributed by atoms with van der Waals surface area (Å²) in [7, 11) is 0. The third kappa shape index (κ3) is 3.72. The second-order valence-electron chi connectivity index (χ2n) is 5.52. The fraction of sp³-hybridized carbons (Fsp3) is 0.143. The van der Waals surface area contributed by atoms with Crippen LogP contribution in [0.3, 0.4) is 0 Å². The maximum Gasteiger partial charge on any atom is 0.135 e. The first kappa shape index (κ1) is 13.9. The minimum absolute atomic E-state index is 0.580. The Balaban J connectivity index is 1.94. The molecule has 2 N–H and O–H groups in total. The molecule has 3 aromatic carbocycles. The van der Waals surface area contributed by atoms with Crippen LogP contribution in [0.15, 0.2) is 72.8 Å². The molecule has 0 fully saturated rings. The summed E-state index contributed by atoms with van der Waals surface area (Å²) in [6.45, 7) is 2.13. The standard InChI is InChI=1S/C21H21NO/c1-2-5-16-8-10-17(11-9-16)20-6-3-4-7-21(20)23-19-14-12-18(22)13-15-19/h3-4,6-15H,2,5,22H2,1H3/i8D. The van der Waals surface area contributed by atoms with Crippen molar-refractivity contribution in [2.75, 3.05) is 5.73 Å². The van der Waals surface area contributed by atoms with E-state index in [-0.39, 0.29) is 0 Å². The predicted molar refractivity (Wildman–Crippen MR) is 96.8 cm³/mol. The minimum atomic E-state index is 0.580. The first-order valence-corrected chi connectivity index (χ1v) is 7.89. The van der Waals surface area contributed by atoms with Gasteiger partial charge in [0.15, 0.2) is 0 Å². The molecule has 116 valence electrons. The first-order valence-electron chi connectivity index (χ1n) is 8.39. The highest BCUT2D eigenvalue weighted by Gasteiger charge is 2.07. The number of hydrogen-bond donors (Lipinski definition) is 1. The molecule has 23 heavy (non-hydrogen) atoms. The summed E-state index contributed by atoms with van der Waals surface area (Å²) >= 11 is 0. The summed E-state index contributed by atoms with van der Waals surface area (Å²) in [5.74, 6) is 1.51. The van der Waals surface area contributed by atoms with Gasteiger partial charge in [0, 0.05) is 11.3 Å². The zero-order chi connectivity index (χ0) is 16.9. The first-order chi connectivity index (χ1) is 11.7. The second kappa shape index (κ2) is 7.01. The van der Waals surface area contributed by atoms with E-state index in [9.17, 15) is 0 Å². The maximum atomic E-state index is 8.22. The Kier molecular flexibility index (Phi) is 4.24. The Bertz CT molecular complexity index is 827. The lowest BCUT2D eigenvalue weighted by Gasteiger charge is -2.12. The average molecular weight is 304 g/mol. The predicted octanol–water partition coefficient (Wildman–Crippen LogP) is 5.68. The highest BCUT2D eigenvalue weighted by atomic mass is 16.5. The molecule has 0 saturated carbocycles. The Hall–Kier alpha value is -2.74. The molecule has 0 radical (unpaired) electrons. The van der Waals surface area contributed by atoms with Crippen molar-refractivity contribution in [3.05, 3.63) is 78.3 Å². The fourth-order valence-corrected chi connectivity index (χ4v) is 2.51. The zero-order valence-corrected chi connectivity index (χ0v) is 13.3. The molecule has 0 heterocycles. The lowest BCUT2D eigenvalue weighted by atomic mass is 10.0. The highest BCUT2D eigenvalue weighted by molar-refractivity contribution is 5.71. The lowest BCUT2D eigenvalue weighted by Crippen LogP contribution is -1.90. The second-order valence-corrected chi connectivity index (χ2v) is 5.52. The highest BCUT2D eigenvalue weighted by Crippen LogP contribution is 2.33. The van der Waals surface area contributed by atoms with Gasteiger partial charge in [0.1, 0.15) is 11.5 Å². The van der Waals surface area contributed by atoms with Crippen LogP contribution in [-0.2, 0) is 6.42 Å². The number of nitrogens with two attached hydrogens (primary N) is 1. The molecule has 0 aromatic heterocycles. The van der Waals surface area contributed by atoms with Gasteiger partial charge >= 0.3 is 0 Å². The van der Waals surface area contributed by atoms with Crippen LogP contribution in [0.2, 0.25) is 0 Å². The van der Waals surface area contributed by atoms with Gasteiger partial charge < -0.3 is 10.5 Å². The van der Waals surface area contributed by atoms with E-state index in [1.165, 1.54) is 0 Å². The van der Waals surface area contributed by atoms with E-state index in [1.54, 1.807) is 0 Å². The topological polar surface area (TPSA) is 35.2 Å². The minimum Gasteiger partial charge on any atom is -0.457 e. The molecule has 0 bridgehead atoms. The van der Waals surface area contributed by atoms with Crippen molar-refractivity contribution in [1.29, 1.82) is 0 Å². The Morgan fingerprint density at radius 2 is 1.74 bits per heavy atom. The molecule has 0 aliphatic rings. The van der Waals surface area contributed by atoms with Crippen molar-refractivity contribution < 1.29 is 6.11 Å². The molecule has 0 unspecified atom stereocenters. The van der Waals surface area contributed by atoms with E-state index in [4.69, 9.17) is 11.8 Å². The van der Waals surface area contributed by atoms with Crippen molar-refractivity contribution in [2.24, 2.45) is 0 Å². The SMILES string of the molecule is [2H]c1cc(-c2ccccc2Oc2ccc(N)cc2)ccc1CCC. The van der Waals surface area contributed by atoms with E-state index in [2.05, 4.69) is 13.0 Å². The molecule has 2 nitrogen and oxygen atoms in total. The summed E-state index contributed by atoms with van der Waals surface area (Å²) in [5.41, 5.74) is 9.48. The molecule has 2 heteroatoms. The van der Waals surface area contributed by atoms with Crippen LogP contribution in [0.4, 0.5) is 5.69 Å². The number of aryl methyl sites for hydroxylation is 1. The summed E-state index contributed by atoms with van der Waals surface area (Å²) in [6, 6.07) is 21.8. The molecule has 0 saturated heterocycles.